The monoisotopic (exact) mass is 402 g/mol. The molecule has 2 heterocycles. The van der Waals surface area contributed by atoms with Gasteiger partial charge >= 0.3 is 6.03 Å². The molecule has 0 radical (unpaired) electrons. The van der Waals surface area contributed by atoms with Crippen molar-refractivity contribution < 1.29 is 14.4 Å². The number of carbonyl (C=O) groups is 3. The highest BCUT2D eigenvalue weighted by Gasteiger charge is 2.48. The van der Waals surface area contributed by atoms with Crippen LogP contribution in [0.5, 0.6) is 0 Å². The Balaban J connectivity index is 1.72. The van der Waals surface area contributed by atoms with Crippen LogP contribution in [0, 0.1) is 0 Å². The number of unbranched alkanes of at least 4 members (excludes halogenated alkanes) is 3. The van der Waals surface area contributed by atoms with Gasteiger partial charge in [0.1, 0.15) is 0 Å². The summed E-state index contributed by atoms with van der Waals surface area (Å²) < 4.78 is 0. The van der Waals surface area contributed by atoms with Gasteiger partial charge in [-0.15, -0.1) is 0 Å². The van der Waals surface area contributed by atoms with Crippen LogP contribution in [-0.4, -0.2) is 64.2 Å². The van der Waals surface area contributed by atoms with Crippen LogP contribution < -0.4 is 5.32 Å². The smallest absolute Gasteiger partial charge is 0.325 e. The number of ketones is 1. The van der Waals surface area contributed by atoms with E-state index in [0.29, 0.717) is 17.3 Å². The predicted octanol–water partition coefficient (Wildman–Crippen LogP) is 2.73. The second kappa shape index (κ2) is 9.23. The molecule has 0 aliphatic carbocycles. The van der Waals surface area contributed by atoms with Crippen LogP contribution in [-0.2, 0) is 4.79 Å². The van der Waals surface area contributed by atoms with Gasteiger partial charge in [0.2, 0.25) is 0 Å². The maximum absolute atomic E-state index is 12.5. The Morgan fingerprint density at radius 3 is 2.64 bits per heavy atom. The highest BCUT2D eigenvalue weighted by atomic mass is 32.2. The molecule has 1 fully saturated rings. The molecule has 0 spiro atoms. The number of thioether (sulfide) groups is 1. The molecule has 150 valence electrons. The summed E-state index contributed by atoms with van der Waals surface area (Å²) in [4.78, 5) is 45.0. The zero-order valence-electron chi connectivity index (χ0n) is 16.3. The summed E-state index contributed by atoms with van der Waals surface area (Å²) in [6.07, 6.45) is 3.74. The quantitative estimate of drug-likeness (QED) is 0.534. The maximum atomic E-state index is 12.5. The molecule has 2 aliphatic rings. The molecule has 8 heteroatoms. The minimum absolute atomic E-state index is 0.0167. The molecule has 1 N–H and O–H groups in total. The lowest BCUT2D eigenvalue weighted by Crippen LogP contribution is -2.63. The number of benzene rings is 1. The van der Waals surface area contributed by atoms with E-state index < -0.39 is 18.2 Å². The van der Waals surface area contributed by atoms with Gasteiger partial charge in [0, 0.05) is 19.2 Å². The van der Waals surface area contributed by atoms with E-state index in [9.17, 15) is 14.4 Å². The Bertz CT molecular complexity index is 768. The number of fused-ring (bicyclic) bond motifs is 1. The van der Waals surface area contributed by atoms with E-state index >= 15 is 0 Å². The van der Waals surface area contributed by atoms with Gasteiger partial charge in [-0.2, -0.15) is 0 Å². The minimum atomic E-state index is -0.540. The zero-order valence-corrected chi connectivity index (χ0v) is 17.1. The first-order valence-corrected chi connectivity index (χ1v) is 10.6. The predicted molar refractivity (Wildman–Crippen MR) is 110 cm³/mol. The van der Waals surface area contributed by atoms with Crippen molar-refractivity contribution in [2.45, 2.75) is 44.8 Å². The molecule has 3 rings (SSSR count). The fraction of sp³-hybridized carbons (Fsp3) is 0.500. The van der Waals surface area contributed by atoms with Gasteiger partial charge in [0.15, 0.2) is 23.2 Å². The molecule has 0 bridgehead atoms. The number of likely N-dealkylation sites (N-methyl/N-ethyl adjacent to an activating group) is 1. The lowest BCUT2D eigenvalue weighted by molar-refractivity contribution is -0.127. The third-order valence-corrected chi connectivity index (χ3v) is 6.01. The molecule has 0 aromatic heterocycles. The van der Waals surface area contributed by atoms with Gasteiger partial charge in [-0.1, -0.05) is 68.3 Å². The average molecular weight is 403 g/mol. The lowest BCUT2D eigenvalue weighted by atomic mass is 10.1. The molecule has 28 heavy (non-hydrogen) atoms. The summed E-state index contributed by atoms with van der Waals surface area (Å²) in [5.74, 6) is -0.0622. The van der Waals surface area contributed by atoms with E-state index in [4.69, 9.17) is 0 Å². The van der Waals surface area contributed by atoms with E-state index in [1.807, 2.05) is 23.1 Å². The minimum Gasteiger partial charge on any atom is -0.336 e. The van der Waals surface area contributed by atoms with Crippen LogP contribution in [0.4, 0.5) is 4.79 Å². The number of amides is 3. The van der Waals surface area contributed by atoms with Crippen LogP contribution in [0.3, 0.4) is 0 Å². The molecule has 3 amide bonds. The molecule has 2 aliphatic heterocycles. The van der Waals surface area contributed by atoms with Crippen molar-refractivity contribution in [3.8, 4) is 0 Å². The second-order valence-electron chi connectivity index (χ2n) is 7.01. The Morgan fingerprint density at radius 2 is 1.93 bits per heavy atom. The molecule has 2 unspecified atom stereocenters. The highest BCUT2D eigenvalue weighted by Crippen LogP contribution is 2.29. The van der Waals surface area contributed by atoms with Crippen LogP contribution >= 0.6 is 11.8 Å². The first kappa shape index (κ1) is 20.4. The van der Waals surface area contributed by atoms with Crippen molar-refractivity contribution >= 4 is 34.7 Å². The zero-order chi connectivity index (χ0) is 20.1. The fourth-order valence-corrected chi connectivity index (χ4v) is 4.38. The fourth-order valence-electron chi connectivity index (χ4n) is 3.40. The van der Waals surface area contributed by atoms with E-state index in [1.54, 1.807) is 19.2 Å². The Morgan fingerprint density at radius 1 is 1.18 bits per heavy atom. The van der Waals surface area contributed by atoms with Gasteiger partial charge in [-0.3, -0.25) is 14.9 Å². The first-order chi connectivity index (χ1) is 13.5. The van der Waals surface area contributed by atoms with E-state index in [2.05, 4.69) is 17.2 Å². The van der Waals surface area contributed by atoms with E-state index in [-0.39, 0.29) is 17.4 Å². The number of aliphatic imine (C=N–C) groups is 1. The lowest BCUT2D eigenvalue weighted by Gasteiger charge is -2.36. The largest absolute Gasteiger partial charge is 0.336 e. The molecular formula is C20H26N4O3S. The molecule has 1 aromatic rings. The number of amidine groups is 1. The maximum Gasteiger partial charge on any atom is 0.325 e. The Hall–Kier alpha value is -2.35. The van der Waals surface area contributed by atoms with Gasteiger partial charge in [-0.25, -0.2) is 9.79 Å². The summed E-state index contributed by atoms with van der Waals surface area (Å²) in [6.45, 7) is 2.83. The van der Waals surface area contributed by atoms with Crippen LogP contribution in [0.1, 0.15) is 43.0 Å². The van der Waals surface area contributed by atoms with Crippen molar-refractivity contribution in [1.82, 2.24) is 15.1 Å². The average Bonchev–Trinajstić information content (AvgIpc) is 3.07. The number of nitrogens with zero attached hydrogens (tertiary/aromatic N) is 3. The van der Waals surface area contributed by atoms with E-state index in [0.717, 1.165) is 25.7 Å². The Labute approximate surface area is 169 Å². The molecule has 1 aromatic carbocycles. The number of rotatable bonds is 8. The standard InChI is InChI=1S/C20H26N4O3S/c1-3-4-5-9-12-24-16-17(23(2)19(27)22-18(16)26)21-20(24)28-13-15(25)14-10-7-6-8-11-14/h6-8,10-11,16-17H,3-5,9,12-13H2,1-2H3,(H,22,26,27). The first-order valence-electron chi connectivity index (χ1n) is 9.66. The van der Waals surface area contributed by atoms with Crippen molar-refractivity contribution in [2.75, 3.05) is 19.3 Å². The Kier molecular flexibility index (Phi) is 6.72. The van der Waals surface area contributed by atoms with Crippen molar-refractivity contribution in [1.29, 1.82) is 0 Å². The second-order valence-corrected chi connectivity index (χ2v) is 7.95. The number of hydrogen-bond donors (Lipinski definition) is 1. The van der Waals surface area contributed by atoms with Crippen LogP contribution in [0.25, 0.3) is 0 Å². The number of hydrogen-bond acceptors (Lipinski definition) is 6. The summed E-state index contributed by atoms with van der Waals surface area (Å²) in [5.41, 5.74) is 0.658. The summed E-state index contributed by atoms with van der Waals surface area (Å²) in [5, 5.41) is 3.06. The van der Waals surface area contributed by atoms with E-state index in [1.165, 1.54) is 16.7 Å². The van der Waals surface area contributed by atoms with Gasteiger partial charge in [0.25, 0.3) is 5.91 Å². The molecule has 2 atom stereocenters. The van der Waals surface area contributed by atoms with Gasteiger partial charge < -0.3 is 9.80 Å². The third-order valence-electron chi connectivity index (χ3n) is 5.00. The van der Waals surface area contributed by atoms with Gasteiger partial charge in [-0.05, 0) is 6.42 Å². The van der Waals surface area contributed by atoms with Crippen molar-refractivity contribution in [3.05, 3.63) is 35.9 Å². The van der Waals surface area contributed by atoms with Crippen LogP contribution in [0.15, 0.2) is 35.3 Å². The van der Waals surface area contributed by atoms with Crippen LogP contribution in [0.2, 0.25) is 0 Å². The number of Topliss-reactive ketones (excluding diaryl/α,β-unsaturated/α-hetero) is 1. The molecule has 1 saturated heterocycles. The third kappa shape index (κ3) is 4.38. The normalized spacial score (nSPS) is 21.4. The highest BCUT2D eigenvalue weighted by molar-refractivity contribution is 8.14. The molecule has 0 saturated carbocycles. The molecule has 7 nitrogen and oxygen atoms in total. The number of imide groups is 1. The molecular weight excluding hydrogens is 376 g/mol. The number of nitrogens with one attached hydrogen (secondary N) is 1. The number of carbonyl (C=O) groups excluding carboxylic acids is 3. The summed E-state index contributed by atoms with van der Waals surface area (Å²) in [7, 11) is 1.64. The summed E-state index contributed by atoms with van der Waals surface area (Å²) in [6, 6.07) is 8.17. The van der Waals surface area contributed by atoms with Gasteiger partial charge in [0.05, 0.1) is 5.75 Å². The topological polar surface area (TPSA) is 82.1 Å². The SMILES string of the molecule is CCCCCCN1C(SCC(=O)c2ccccc2)=NC2C1C(=O)NC(=O)N2C. The van der Waals surface area contributed by atoms with Crippen molar-refractivity contribution in [3.63, 3.8) is 0 Å². The number of urea groups is 1. The van der Waals surface area contributed by atoms with Crippen molar-refractivity contribution in [2.24, 2.45) is 4.99 Å². The summed E-state index contributed by atoms with van der Waals surface area (Å²) >= 11 is 1.34.